The van der Waals surface area contributed by atoms with E-state index in [0.29, 0.717) is 56.4 Å². The van der Waals surface area contributed by atoms with Crippen molar-refractivity contribution in [2.24, 2.45) is 29.1 Å². The highest BCUT2D eigenvalue weighted by Crippen LogP contribution is 2.79. The number of nitrogens with zero attached hydrogens (tertiary/aromatic N) is 1. The van der Waals surface area contributed by atoms with Crippen LogP contribution in [0.25, 0.3) is 0 Å². The van der Waals surface area contributed by atoms with Crippen LogP contribution in [0.4, 0.5) is 5.69 Å². The van der Waals surface area contributed by atoms with Crippen LogP contribution in [-0.4, -0.2) is 103 Å². The van der Waals surface area contributed by atoms with Gasteiger partial charge >= 0.3 is 5.97 Å². The standard InChI is InChI=1S/C32H44N2O8/c1-6-34-16-29(42-28(36)18-9-7-8-10-21(18)33-17(2)35)12-11-25(40-4)31-23(29)14-20(26(31)34)30(37)15-22(39-3)19-13-24(31)32(30,38)27(19)41-5/h7-10,19-20,22-27,37-38H,6,11-16H2,1-5H3,(H,33,35)/t19-,20+,22+,23-,24+,25+,26+,27+,29-,30+,31+,32+/m1/s1. The van der Waals surface area contributed by atoms with Crippen molar-refractivity contribution >= 4 is 17.6 Å². The quantitative estimate of drug-likeness (QED) is 0.414. The maximum Gasteiger partial charge on any atom is 0.340 e. The van der Waals surface area contributed by atoms with Gasteiger partial charge in [-0.25, -0.2) is 4.79 Å². The molecule has 6 aliphatic rings. The van der Waals surface area contributed by atoms with E-state index in [1.54, 1.807) is 45.6 Å². The molecule has 7 bridgehead atoms. The third-order valence-corrected chi connectivity index (χ3v) is 12.6. The van der Waals surface area contributed by atoms with Crippen molar-refractivity contribution in [2.45, 2.75) is 87.1 Å². The number of likely N-dealkylation sites (tertiary alicyclic amines) is 1. The summed E-state index contributed by atoms with van der Waals surface area (Å²) in [7, 11) is 5.05. The number of para-hydroxylation sites is 1. The fourth-order valence-electron chi connectivity index (χ4n) is 11.6. The molecule has 10 heteroatoms. The van der Waals surface area contributed by atoms with Crippen LogP contribution in [0.15, 0.2) is 24.3 Å². The second-order valence-corrected chi connectivity index (χ2v) is 13.7. The number of benzene rings is 1. The average Bonchev–Trinajstić information content (AvgIpc) is 3.39. The van der Waals surface area contributed by atoms with Crippen molar-refractivity contribution in [1.29, 1.82) is 0 Å². The minimum absolute atomic E-state index is 0.0432. The van der Waals surface area contributed by atoms with Gasteiger partial charge in [0.2, 0.25) is 5.91 Å². The molecular formula is C32H44N2O8. The minimum Gasteiger partial charge on any atom is -0.454 e. The Labute approximate surface area is 247 Å². The number of amides is 1. The maximum absolute atomic E-state index is 14.0. The molecule has 0 radical (unpaired) electrons. The fraction of sp³-hybridized carbons (Fsp3) is 0.750. The Morgan fingerprint density at radius 3 is 2.50 bits per heavy atom. The number of nitrogens with one attached hydrogen (secondary N) is 1. The number of hydrogen-bond acceptors (Lipinski definition) is 9. The molecule has 1 spiro atoms. The first-order chi connectivity index (χ1) is 20.1. The molecule has 5 aliphatic carbocycles. The summed E-state index contributed by atoms with van der Waals surface area (Å²) in [6.07, 6.45) is 1.91. The van der Waals surface area contributed by atoms with E-state index in [1.807, 2.05) is 0 Å². The molecule has 7 rings (SSSR count). The van der Waals surface area contributed by atoms with Gasteiger partial charge in [-0.1, -0.05) is 19.1 Å². The normalized spacial score (nSPS) is 48.2. The zero-order valence-electron chi connectivity index (χ0n) is 25.2. The van der Waals surface area contributed by atoms with Gasteiger partial charge in [0.05, 0.1) is 29.6 Å². The van der Waals surface area contributed by atoms with E-state index in [9.17, 15) is 19.8 Å². The van der Waals surface area contributed by atoms with Crippen molar-refractivity contribution in [3.63, 3.8) is 0 Å². The molecule has 42 heavy (non-hydrogen) atoms. The number of piperidine rings is 1. The SMILES string of the molecule is CCN1C[C@]2(OC(=O)c3ccccc3NC(C)=O)CC[C@H](OC)[C@]34[C@@H]1[C@H](C[C@H]23)[C@@]1(O)C[C@H](OC)[C@H]2C[C@@H]4[C@]1(O)[C@H]2OC. The van der Waals surface area contributed by atoms with Crippen LogP contribution in [-0.2, 0) is 23.7 Å². The molecule has 10 nitrogen and oxygen atoms in total. The number of ether oxygens (including phenoxy) is 4. The lowest BCUT2D eigenvalue weighted by Crippen LogP contribution is -2.83. The summed E-state index contributed by atoms with van der Waals surface area (Å²) in [5.41, 5.74) is -3.57. The highest BCUT2D eigenvalue weighted by Gasteiger charge is 2.89. The van der Waals surface area contributed by atoms with Crippen LogP contribution < -0.4 is 5.32 Å². The first kappa shape index (κ1) is 28.7. The molecule has 230 valence electrons. The number of aliphatic hydroxyl groups is 2. The van der Waals surface area contributed by atoms with Gasteiger partial charge in [-0.3, -0.25) is 9.69 Å². The lowest BCUT2D eigenvalue weighted by Gasteiger charge is -2.70. The second-order valence-electron chi connectivity index (χ2n) is 13.7. The molecule has 6 fully saturated rings. The zero-order chi connectivity index (χ0) is 29.8. The average molecular weight is 585 g/mol. The Bertz CT molecular complexity index is 1290. The number of hydrogen-bond donors (Lipinski definition) is 3. The summed E-state index contributed by atoms with van der Waals surface area (Å²) < 4.78 is 25.1. The van der Waals surface area contributed by atoms with Crippen LogP contribution in [0.5, 0.6) is 0 Å². The zero-order valence-corrected chi connectivity index (χ0v) is 25.2. The smallest absolute Gasteiger partial charge is 0.340 e. The van der Waals surface area contributed by atoms with Crippen LogP contribution in [0.2, 0.25) is 0 Å². The molecule has 12 atom stereocenters. The van der Waals surface area contributed by atoms with Crippen molar-refractivity contribution < 1.29 is 38.7 Å². The van der Waals surface area contributed by atoms with E-state index in [0.717, 1.165) is 0 Å². The highest BCUT2D eigenvalue weighted by atomic mass is 16.6. The van der Waals surface area contributed by atoms with Crippen molar-refractivity contribution in [1.82, 2.24) is 4.90 Å². The number of likely N-dealkylation sites (N-methyl/N-ethyl adjacent to an activating group) is 1. The molecule has 1 aromatic rings. The Balaban J connectivity index is 1.38. The highest BCUT2D eigenvalue weighted by molar-refractivity contribution is 6.00. The van der Waals surface area contributed by atoms with Gasteiger partial charge in [0.15, 0.2) is 0 Å². The fourth-order valence-corrected chi connectivity index (χ4v) is 11.6. The van der Waals surface area contributed by atoms with E-state index in [-0.39, 0.29) is 47.8 Å². The molecule has 1 heterocycles. The number of methoxy groups -OCH3 is 3. The summed E-state index contributed by atoms with van der Waals surface area (Å²) in [6, 6.07) is 6.89. The van der Waals surface area contributed by atoms with Crippen LogP contribution >= 0.6 is 0 Å². The molecule has 3 N–H and O–H groups in total. The molecule has 0 aromatic heterocycles. The Morgan fingerprint density at radius 1 is 1.07 bits per heavy atom. The van der Waals surface area contributed by atoms with E-state index in [4.69, 9.17) is 18.9 Å². The Morgan fingerprint density at radius 2 is 1.83 bits per heavy atom. The minimum atomic E-state index is -1.48. The van der Waals surface area contributed by atoms with Gasteiger partial charge in [0.25, 0.3) is 0 Å². The summed E-state index contributed by atoms with van der Waals surface area (Å²) in [4.78, 5) is 28.3. The number of esters is 1. The van der Waals surface area contributed by atoms with Gasteiger partial charge in [-0.05, 0) is 44.4 Å². The second kappa shape index (κ2) is 9.46. The monoisotopic (exact) mass is 584 g/mol. The topological polar surface area (TPSA) is 127 Å². The molecular weight excluding hydrogens is 540 g/mol. The number of carbonyl (C=O) groups excluding carboxylic acids is 2. The summed E-state index contributed by atoms with van der Waals surface area (Å²) in [5, 5.41) is 28.4. The third-order valence-electron chi connectivity index (χ3n) is 12.6. The third kappa shape index (κ3) is 3.21. The lowest BCUT2D eigenvalue weighted by atomic mass is 9.44. The van der Waals surface area contributed by atoms with E-state index in [2.05, 4.69) is 17.1 Å². The van der Waals surface area contributed by atoms with Gasteiger partial charge in [0, 0.05) is 76.3 Å². The molecule has 0 unspecified atom stereocenters. The Hall–Kier alpha value is -2.08. The predicted octanol–water partition coefficient (Wildman–Crippen LogP) is 2.22. The summed E-state index contributed by atoms with van der Waals surface area (Å²) in [5.74, 6) is -1.54. The molecule has 1 amide bonds. The number of rotatable bonds is 7. The largest absolute Gasteiger partial charge is 0.454 e. The first-order valence-corrected chi connectivity index (χ1v) is 15.4. The van der Waals surface area contributed by atoms with E-state index in [1.165, 1.54) is 6.92 Å². The molecule has 1 saturated heterocycles. The van der Waals surface area contributed by atoms with Crippen molar-refractivity contribution in [2.75, 3.05) is 39.7 Å². The maximum atomic E-state index is 14.0. The molecule has 1 aliphatic heterocycles. The van der Waals surface area contributed by atoms with Crippen LogP contribution in [0.1, 0.15) is 56.3 Å². The number of anilines is 1. The van der Waals surface area contributed by atoms with Crippen LogP contribution in [0.3, 0.4) is 0 Å². The van der Waals surface area contributed by atoms with E-state index < -0.39 is 34.3 Å². The van der Waals surface area contributed by atoms with E-state index >= 15 is 0 Å². The predicted molar refractivity (Wildman–Crippen MR) is 152 cm³/mol. The van der Waals surface area contributed by atoms with Gasteiger partial charge < -0.3 is 34.5 Å². The summed E-state index contributed by atoms with van der Waals surface area (Å²) in [6.45, 7) is 4.79. The number of carbonyl (C=O) groups is 2. The first-order valence-electron chi connectivity index (χ1n) is 15.4. The lowest BCUT2D eigenvalue weighted by molar-refractivity contribution is -0.337. The molecule has 5 saturated carbocycles. The molecule has 1 aromatic carbocycles. The van der Waals surface area contributed by atoms with Gasteiger partial charge in [-0.15, -0.1) is 0 Å². The number of fused-ring (bicyclic) bond motifs is 2. The van der Waals surface area contributed by atoms with Crippen molar-refractivity contribution in [3.05, 3.63) is 29.8 Å². The van der Waals surface area contributed by atoms with Gasteiger partial charge in [-0.2, -0.15) is 0 Å². The van der Waals surface area contributed by atoms with Crippen molar-refractivity contribution in [3.8, 4) is 0 Å². The Kier molecular flexibility index (Phi) is 6.46. The summed E-state index contributed by atoms with van der Waals surface area (Å²) >= 11 is 0. The van der Waals surface area contributed by atoms with Crippen LogP contribution in [0, 0.1) is 29.1 Å². The van der Waals surface area contributed by atoms with Gasteiger partial charge in [0.1, 0.15) is 16.8 Å².